The largest absolute Gasteiger partial charge is 0.359 e. The van der Waals surface area contributed by atoms with Gasteiger partial charge in [-0.2, -0.15) is 0 Å². The number of anilines is 2. The Morgan fingerprint density at radius 2 is 1.93 bits per heavy atom. The minimum absolute atomic E-state index is 0.0523. The van der Waals surface area contributed by atoms with E-state index in [0.717, 1.165) is 24.2 Å². The molecule has 3 N–H and O–H groups in total. The fourth-order valence-corrected chi connectivity index (χ4v) is 4.87. The molecule has 1 fully saturated rings. The average molecular weight is 472 g/mol. The van der Waals surface area contributed by atoms with Crippen molar-refractivity contribution in [1.29, 1.82) is 0 Å². The number of nitrogens with one attached hydrogen (secondary N) is 2. The zero-order valence-electron chi connectivity index (χ0n) is 17.1. The van der Waals surface area contributed by atoms with Gasteiger partial charge >= 0.3 is 6.03 Å². The van der Waals surface area contributed by atoms with E-state index in [1.165, 1.54) is 0 Å². The molecule has 30 heavy (non-hydrogen) atoms. The molecule has 4 unspecified atom stereocenters. The van der Waals surface area contributed by atoms with E-state index in [4.69, 9.17) is 0 Å². The van der Waals surface area contributed by atoms with E-state index >= 15 is 0 Å². The summed E-state index contributed by atoms with van der Waals surface area (Å²) in [7, 11) is 0. The zero-order chi connectivity index (χ0) is 21.5. The van der Waals surface area contributed by atoms with Crippen LogP contribution in [-0.2, 0) is 10.5 Å². The number of urea groups is 1. The number of rotatable bonds is 3. The summed E-state index contributed by atoms with van der Waals surface area (Å²) in [5.41, 5.74) is -1.00. The maximum absolute atomic E-state index is 13.6. The van der Waals surface area contributed by atoms with Crippen LogP contribution in [0.2, 0.25) is 0 Å². The van der Waals surface area contributed by atoms with Gasteiger partial charge in [-0.15, -0.1) is 0 Å². The molecule has 2 aromatic rings. The fourth-order valence-electron chi connectivity index (χ4n) is 4.51. The summed E-state index contributed by atoms with van der Waals surface area (Å²) in [4.78, 5) is 27.8. The van der Waals surface area contributed by atoms with Crippen molar-refractivity contribution in [2.45, 2.75) is 44.9 Å². The van der Waals surface area contributed by atoms with Gasteiger partial charge in [0.25, 0.3) is 11.6 Å². The molecular weight excluding hydrogens is 446 g/mol. The molecule has 4 atom stereocenters. The Morgan fingerprint density at radius 3 is 2.67 bits per heavy atom. The SMILES string of the molecule is CC1CCCC(NC(=O)C2(O)c3cc(Br)ccc3NC(=O)N2c2ccccc2)C1C. The molecule has 0 radical (unpaired) electrons. The number of halogens is 1. The lowest BCUT2D eigenvalue weighted by Gasteiger charge is -2.44. The van der Waals surface area contributed by atoms with Gasteiger partial charge in [-0.3, -0.25) is 9.69 Å². The van der Waals surface area contributed by atoms with Gasteiger partial charge in [0.2, 0.25) is 0 Å². The van der Waals surface area contributed by atoms with Gasteiger partial charge in [0.1, 0.15) is 0 Å². The van der Waals surface area contributed by atoms with Crippen molar-refractivity contribution in [1.82, 2.24) is 5.32 Å². The van der Waals surface area contributed by atoms with Gasteiger partial charge in [0.15, 0.2) is 0 Å². The molecule has 158 valence electrons. The molecule has 2 aliphatic rings. The average Bonchev–Trinajstić information content (AvgIpc) is 2.73. The van der Waals surface area contributed by atoms with E-state index < -0.39 is 17.7 Å². The van der Waals surface area contributed by atoms with Crippen molar-refractivity contribution in [3.8, 4) is 0 Å². The molecule has 1 heterocycles. The first-order chi connectivity index (χ1) is 14.3. The van der Waals surface area contributed by atoms with Crippen LogP contribution < -0.4 is 15.5 Å². The topological polar surface area (TPSA) is 81.7 Å². The third kappa shape index (κ3) is 3.50. The number of amides is 3. The Labute approximate surface area is 184 Å². The van der Waals surface area contributed by atoms with Crippen molar-refractivity contribution in [3.63, 3.8) is 0 Å². The number of hydrogen-bond donors (Lipinski definition) is 3. The molecule has 1 aliphatic heterocycles. The normalized spacial score (nSPS) is 28.5. The highest BCUT2D eigenvalue weighted by atomic mass is 79.9. The van der Waals surface area contributed by atoms with Crippen LogP contribution in [0, 0.1) is 11.8 Å². The zero-order valence-corrected chi connectivity index (χ0v) is 18.6. The smallest absolute Gasteiger partial charge is 0.329 e. The number of hydrogen-bond acceptors (Lipinski definition) is 3. The molecule has 1 aliphatic carbocycles. The van der Waals surface area contributed by atoms with Crippen LogP contribution in [0.15, 0.2) is 53.0 Å². The highest BCUT2D eigenvalue weighted by Crippen LogP contribution is 2.41. The summed E-state index contributed by atoms with van der Waals surface area (Å²) < 4.78 is 0.705. The summed E-state index contributed by atoms with van der Waals surface area (Å²) in [5.74, 6) is 0.183. The predicted octanol–water partition coefficient (Wildman–Crippen LogP) is 4.59. The molecule has 1 saturated carbocycles. The lowest BCUT2D eigenvalue weighted by Crippen LogP contribution is -2.64. The molecule has 0 spiro atoms. The Morgan fingerprint density at radius 1 is 1.20 bits per heavy atom. The number of carbonyl (C=O) groups excluding carboxylic acids is 2. The molecular formula is C23H26BrN3O3. The molecule has 0 bridgehead atoms. The second-order valence-electron chi connectivity index (χ2n) is 8.31. The lowest BCUT2D eigenvalue weighted by atomic mass is 9.78. The van der Waals surface area contributed by atoms with Gasteiger partial charge in [-0.1, -0.05) is 60.8 Å². The first kappa shape index (κ1) is 20.9. The van der Waals surface area contributed by atoms with E-state index in [1.54, 1.807) is 42.5 Å². The molecule has 3 amide bonds. The van der Waals surface area contributed by atoms with Crippen LogP contribution in [0.4, 0.5) is 16.2 Å². The minimum atomic E-state index is -2.18. The molecule has 2 aromatic carbocycles. The van der Waals surface area contributed by atoms with Gasteiger partial charge in [0, 0.05) is 21.8 Å². The van der Waals surface area contributed by atoms with E-state index in [9.17, 15) is 14.7 Å². The third-order valence-corrected chi connectivity index (χ3v) is 6.97. The van der Waals surface area contributed by atoms with Crippen LogP contribution in [0.25, 0.3) is 0 Å². The predicted molar refractivity (Wildman–Crippen MR) is 120 cm³/mol. The maximum Gasteiger partial charge on any atom is 0.329 e. The highest BCUT2D eigenvalue weighted by molar-refractivity contribution is 9.10. The fraction of sp³-hybridized carbons (Fsp3) is 0.391. The quantitative estimate of drug-likeness (QED) is 0.612. The third-order valence-electron chi connectivity index (χ3n) is 6.48. The van der Waals surface area contributed by atoms with Gasteiger partial charge < -0.3 is 15.7 Å². The Balaban J connectivity index is 1.80. The second-order valence-corrected chi connectivity index (χ2v) is 9.23. The number of nitrogens with zero attached hydrogens (tertiary/aromatic N) is 1. The lowest BCUT2D eigenvalue weighted by molar-refractivity contribution is -0.141. The Kier molecular flexibility index (Phi) is 5.59. The van der Waals surface area contributed by atoms with Crippen LogP contribution in [-0.4, -0.2) is 23.1 Å². The number of aliphatic hydroxyl groups is 1. The second kappa shape index (κ2) is 8.04. The summed E-state index contributed by atoms with van der Waals surface area (Å²) in [6.45, 7) is 4.32. The first-order valence-corrected chi connectivity index (χ1v) is 11.1. The number of para-hydroxylation sites is 1. The van der Waals surface area contributed by atoms with E-state index in [0.29, 0.717) is 27.3 Å². The molecule has 7 heteroatoms. The van der Waals surface area contributed by atoms with Gasteiger partial charge in [-0.05, 0) is 48.6 Å². The van der Waals surface area contributed by atoms with Crippen LogP contribution in [0.3, 0.4) is 0 Å². The first-order valence-electron chi connectivity index (χ1n) is 10.3. The maximum atomic E-state index is 13.6. The van der Waals surface area contributed by atoms with Crippen LogP contribution >= 0.6 is 15.9 Å². The summed E-state index contributed by atoms with van der Waals surface area (Å²) in [6, 6.07) is 13.3. The standard InChI is InChI=1S/C23H26BrN3O3/c1-14-7-6-10-19(15(14)2)25-21(28)23(30)18-13-16(24)11-12-20(18)26-22(29)27(23)17-8-4-3-5-9-17/h3-5,8-9,11-15,19,30H,6-7,10H2,1-2H3,(H,25,28)(H,26,29). The van der Waals surface area contributed by atoms with E-state index in [1.807, 2.05) is 6.07 Å². The number of benzene rings is 2. The summed E-state index contributed by atoms with van der Waals surface area (Å²) >= 11 is 3.42. The van der Waals surface area contributed by atoms with E-state index in [-0.39, 0.29) is 12.0 Å². The highest BCUT2D eigenvalue weighted by Gasteiger charge is 2.52. The van der Waals surface area contributed by atoms with Crippen molar-refractivity contribution >= 4 is 39.2 Å². The monoisotopic (exact) mass is 471 g/mol. The van der Waals surface area contributed by atoms with Gasteiger partial charge in [0.05, 0.1) is 5.69 Å². The number of fused-ring (bicyclic) bond motifs is 1. The molecule has 0 saturated heterocycles. The van der Waals surface area contributed by atoms with Crippen LogP contribution in [0.5, 0.6) is 0 Å². The molecule has 4 rings (SSSR count). The van der Waals surface area contributed by atoms with Crippen molar-refractivity contribution < 1.29 is 14.7 Å². The van der Waals surface area contributed by atoms with Crippen molar-refractivity contribution in [2.75, 3.05) is 10.2 Å². The van der Waals surface area contributed by atoms with Crippen LogP contribution in [0.1, 0.15) is 38.7 Å². The minimum Gasteiger partial charge on any atom is -0.359 e. The van der Waals surface area contributed by atoms with Gasteiger partial charge in [-0.25, -0.2) is 4.79 Å². The molecule has 6 nitrogen and oxygen atoms in total. The van der Waals surface area contributed by atoms with Crippen molar-refractivity contribution in [3.05, 3.63) is 58.6 Å². The van der Waals surface area contributed by atoms with Crippen molar-refractivity contribution in [2.24, 2.45) is 11.8 Å². The molecule has 0 aromatic heterocycles. The Bertz CT molecular complexity index is 967. The van der Waals surface area contributed by atoms with E-state index in [2.05, 4.69) is 40.4 Å². The summed E-state index contributed by atoms with van der Waals surface area (Å²) in [5, 5.41) is 17.8. The number of carbonyl (C=O) groups is 2. The Hall–Kier alpha value is -2.38. The summed E-state index contributed by atoms with van der Waals surface area (Å²) in [6.07, 6.45) is 3.02.